The molecule has 4 heteroatoms. The number of hydrogen-bond acceptors (Lipinski definition) is 3. The van der Waals surface area contributed by atoms with E-state index in [2.05, 4.69) is 0 Å². The van der Waals surface area contributed by atoms with Gasteiger partial charge in [-0.3, -0.25) is 0 Å². The lowest BCUT2D eigenvalue weighted by Gasteiger charge is -2.33. The second-order valence-corrected chi connectivity index (χ2v) is 4.15. The van der Waals surface area contributed by atoms with Gasteiger partial charge in [-0.05, 0) is 6.42 Å². The number of quaternary nitrogens is 1. The summed E-state index contributed by atoms with van der Waals surface area (Å²) in [6.45, 7) is 3.38. The van der Waals surface area contributed by atoms with E-state index in [-0.39, 0.29) is 12.5 Å². The van der Waals surface area contributed by atoms with E-state index in [1.165, 1.54) is 0 Å². The lowest BCUT2D eigenvalue weighted by molar-refractivity contribution is -0.894. The number of nitrogens with zero attached hydrogens (tertiary/aromatic N) is 1. The van der Waals surface area contributed by atoms with E-state index in [1.54, 1.807) is 0 Å². The molecule has 1 unspecified atom stereocenters. The van der Waals surface area contributed by atoms with Crippen LogP contribution in [0.5, 0.6) is 0 Å². The molecule has 4 nitrogen and oxygen atoms in total. The van der Waals surface area contributed by atoms with E-state index in [9.17, 15) is 0 Å². The van der Waals surface area contributed by atoms with Crippen LogP contribution in [0.25, 0.3) is 0 Å². The number of aliphatic hydroxyl groups is 3. The highest BCUT2D eigenvalue weighted by Crippen LogP contribution is 2.12. The molecule has 0 aromatic carbocycles. The molecule has 0 saturated carbocycles. The van der Waals surface area contributed by atoms with E-state index in [0.29, 0.717) is 17.6 Å². The summed E-state index contributed by atoms with van der Waals surface area (Å²) < 4.78 is 0.618. The van der Waals surface area contributed by atoms with E-state index in [1.807, 2.05) is 21.0 Å². The molecule has 0 fully saturated rings. The fourth-order valence-corrected chi connectivity index (χ4v) is 1.43. The molecule has 0 aliphatic heterocycles. The first kappa shape index (κ1) is 12.8. The first-order valence-electron chi connectivity index (χ1n) is 4.72. The minimum atomic E-state index is -1.25. The van der Waals surface area contributed by atoms with E-state index in [0.717, 1.165) is 6.42 Å². The third-order valence-corrected chi connectivity index (χ3v) is 2.38. The largest absolute Gasteiger partial charge is 0.391 e. The number of hydrogen-bond donors (Lipinski definition) is 3. The van der Waals surface area contributed by atoms with Crippen LogP contribution in [0.15, 0.2) is 0 Å². The molecule has 0 spiro atoms. The number of rotatable bonds is 6. The molecule has 0 aliphatic rings. The summed E-state index contributed by atoms with van der Waals surface area (Å²) in [7, 11) is 3.95. The lowest BCUT2D eigenvalue weighted by atomic mass is 10.0. The molecule has 3 N–H and O–H groups in total. The summed E-state index contributed by atoms with van der Waals surface area (Å²) in [4.78, 5) is 0. The Labute approximate surface area is 80.0 Å². The Balaban J connectivity index is 4.05. The Morgan fingerprint density at radius 3 is 2.08 bits per heavy atom. The third-order valence-electron chi connectivity index (χ3n) is 2.38. The Kier molecular flexibility index (Phi) is 5.48. The van der Waals surface area contributed by atoms with Crippen molar-refractivity contribution >= 4 is 0 Å². The molecule has 0 rings (SSSR count). The highest BCUT2D eigenvalue weighted by atomic mass is 16.5. The standard InChI is InChI=1S/C9H22NO3/c1-4-8(9(12)13)7-10(2,3)5-6-11/h8-9,11-13H,4-7H2,1-3H3/q+1. The molecule has 0 bridgehead atoms. The SMILES string of the molecule is CCC(C[N+](C)(C)CCO)C(O)O. The van der Waals surface area contributed by atoms with Crippen molar-refractivity contribution in [3.05, 3.63) is 0 Å². The summed E-state index contributed by atoms with van der Waals surface area (Å²) >= 11 is 0. The van der Waals surface area contributed by atoms with Gasteiger partial charge in [0.1, 0.15) is 6.54 Å². The Bertz CT molecular complexity index is 137. The van der Waals surface area contributed by atoms with Crippen molar-refractivity contribution in [1.29, 1.82) is 0 Å². The maximum Gasteiger partial charge on any atom is 0.159 e. The molecular weight excluding hydrogens is 170 g/mol. The van der Waals surface area contributed by atoms with Gasteiger partial charge in [0.05, 0.1) is 33.2 Å². The monoisotopic (exact) mass is 192 g/mol. The summed E-state index contributed by atoms with van der Waals surface area (Å²) in [5, 5.41) is 26.8. The molecule has 1 atom stereocenters. The van der Waals surface area contributed by atoms with E-state index >= 15 is 0 Å². The second kappa shape index (κ2) is 5.54. The van der Waals surface area contributed by atoms with E-state index in [4.69, 9.17) is 15.3 Å². The average Bonchev–Trinajstić information content (AvgIpc) is 1.99. The summed E-state index contributed by atoms with van der Waals surface area (Å²) in [6.07, 6.45) is -0.508. The topological polar surface area (TPSA) is 60.7 Å². The molecule has 80 valence electrons. The average molecular weight is 192 g/mol. The maximum absolute atomic E-state index is 9.03. The predicted molar refractivity (Wildman–Crippen MR) is 50.9 cm³/mol. The fourth-order valence-electron chi connectivity index (χ4n) is 1.43. The van der Waals surface area contributed by atoms with Crippen molar-refractivity contribution in [1.82, 2.24) is 0 Å². The van der Waals surface area contributed by atoms with Crippen molar-refractivity contribution in [2.45, 2.75) is 19.6 Å². The summed E-state index contributed by atoms with van der Waals surface area (Å²) in [6, 6.07) is 0. The van der Waals surface area contributed by atoms with Crippen LogP contribution in [0.1, 0.15) is 13.3 Å². The van der Waals surface area contributed by atoms with Crippen molar-refractivity contribution in [3.63, 3.8) is 0 Å². The van der Waals surface area contributed by atoms with Crippen LogP contribution >= 0.6 is 0 Å². The minimum Gasteiger partial charge on any atom is -0.391 e. The maximum atomic E-state index is 9.03. The van der Waals surface area contributed by atoms with Crippen molar-refractivity contribution < 1.29 is 19.8 Å². The van der Waals surface area contributed by atoms with Gasteiger partial charge in [0.25, 0.3) is 0 Å². The molecule has 0 aliphatic carbocycles. The molecule has 0 aromatic rings. The third kappa shape index (κ3) is 5.21. The molecule has 0 amide bonds. The molecule has 13 heavy (non-hydrogen) atoms. The van der Waals surface area contributed by atoms with Crippen molar-refractivity contribution in [2.24, 2.45) is 5.92 Å². The zero-order valence-electron chi connectivity index (χ0n) is 8.77. The smallest absolute Gasteiger partial charge is 0.159 e. The normalized spacial score (nSPS) is 15.0. The van der Waals surface area contributed by atoms with Gasteiger partial charge < -0.3 is 19.8 Å². The molecule has 0 saturated heterocycles. The van der Waals surface area contributed by atoms with Gasteiger partial charge in [-0.2, -0.15) is 0 Å². The van der Waals surface area contributed by atoms with Crippen LogP contribution in [-0.2, 0) is 0 Å². The van der Waals surface area contributed by atoms with Gasteiger partial charge in [0.2, 0.25) is 0 Å². The Morgan fingerprint density at radius 1 is 1.23 bits per heavy atom. The quantitative estimate of drug-likeness (QED) is 0.389. The van der Waals surface area contributed by atoms with Gasteiger partial charge in [0, 0.05) is 0 Å². The van der Waals surface area contributed by atoms with E-state index < -0.39 is 6.29 Å². The Morgan fingerprint density at radius 2 is 1.77 bits per heavy atom. The highest BCUT2D eigenvalue weighted by molar-refractivity contribution is 4.57. The first-order valence-corrected chi connectivity index (χ1v) is 4.72. The number of likely N-dealkylation sites (N-methyl/N-ethyl adjacent to an activating group) is 1. The van der Waals surface area contributed by atoms with Crippen LogP contribution in [0.3, 0.4) is 0 Å². The number of aliphatic hydroxyl groups excluding tert-OH is 2. The van der Waals surface area contributed by atoms with Gasteiger partial charge >= 0.3 is 0 Å². The van der Waals surface area contributed by atoms with Crippen molar-refractivity contribution in [2.75, 3.05) is 33.8 Å². The first-order chi connectivity index (χ1) is 5.93. The minimum absolute atomic E-state index is 0.110. The molecular formula is C9H22NO3+. The molecule has 0 radical (unpaired) electrons. The molecule has 0 heterocycles. The highest BCUT2D eigenvalue weighted by Gasteiger charge is 2.24. The lowest BCUT2D eigenvalue weighted by Crippen LogP contribution is -2.47. The fraction of sp³-hybridized carbons (Fsp3) is 1.00. The van der Waals surface area contributed by atoms with Gasteiger partial charge in [-0.25, -0.2) is 0 Å². The van der Waals surface area contributed by atoms with Gasteiger partial charge in [0.15, 0.2) is 6.29 Å². The van der Waals surface area contributed by atoms with Crippen LogP contribution in [0, 0.1) is 5.92 Å². The van der Waals surface area contributed by atoms with Crippen LogP contribution in [0.4, 0.5) is 0 Å². The van der Waals surface area contributed by atoms with Gasteiger partial charge in [-0.15, -0.1) is 0 Å². The predicted octanol–water partition coefficient (Wildman–Crippen LogP) is -0.608. The Hall–Kier alpha value is -0.160. The van der Waals surface area contributed by atoms with Crippen LogP contribution in [0.2, 0.25) is 0 Å². The van der Waals surface area contributed by atoms with Crippen LogP contribution in [-0.4, -0.2) is 59.9 Å². The summed E-state index contributed by atoms with van der Waals surface area (Å²) in [5.41, 5.74) is 0. The van der Waals surface area contributed by atoms with Crippen LogP contribution < -0.4 is 0 Å². The summed E-state index contributed by atoms with van der Waals surface area (Å²) in [5.74, 6) is -0.110. The van der Waals surface area contributed by atoms with Gasteiger partial charge in [-0.1, -0.05) is 6.92 Å². The van der Waals surface area contributed by atoms with Crippen molar-refractivity contribution in [3.8, 4) is 0 Å². The zero-order chi connectivity index (χ0) is 10.5. The zero-order valence-corrected chi connectivity index (χ0v) is 8.77. The molecule has 0 aromatic heterocycles. The second-order valence-electron chi connectivity index (χ2n) is 4.15.